The van der Waals surface area contributed by atoms with E-state index >= 15 is 0 Å². The van der Waals surface area contributed by atoms with Crippen LogP contribution in [0.15, 0.2) is 26.0 Å². The van der Waals surface area contributed by atoms with Crippen molar-refractivity contribution in [1.82, 2.24) is 10.0 Å². The van der Waals surface area contributed by atoms with E-state index in [1.807, 2.05) is 0 Å². The number of hydrogen-bond donors (Lipinski definition) is 3. The van der Waals surface area contributed by atoms with Crippen LogP contribution in [0.3, 0.4) is 0 Å². The molecule has 0 unspecified atom stereocenters. The molecule has 1 aromatic carbocycles. The number of hydrogen-bond acceptors (Lipinski definition) is 5. The summed E-state index contributed by atoms with van der Waals surface area (Å²) < 4.78 is 32.3. The molecule has 0 aliphatic heterocycles. The molecule has 0 saturated heterocycles. The second-order valence-electron chi connectivity index (χ2n) is 3.97. The van der Waals surface area contributed by atoms with E-state index in [-0.39, 0.29) is 17.1 Å². The average molecular weight is 445 g/mol. The fraction of sp³-hybridized carbons (Fsp3) is 0.364. The highest BCUT2D eigenvalue weighted by Gasteiger charge is 2.22. The van der Waals surface area contributed by atoms with Crippen molar-refractivity contribution in [2.45, 2.75) is 4.90 Å². The van der Waals surface area contributed by atoms with Crippen LogP contribution in [-0.2, 0) is 19.6 Å². The van der Waals surface area contributed by atoms with E-state index in [1.54, 1.807) is 6.07 Å². The summed E-state index contributed by atoms with van der Waals surface area (Å²) in [7, 11) is -2.40. The van der Waals surface area contributed by atoms with E-state index in [0.717, 1.165) is 0 Å². The second kappa shape index (κ2) is 8.08. The molecule has 0 aliphatic carbocycles. The number of ether oxygens (including phenoxy) is 1. The van der Waals surface area contributed by atoms with Crippen LogP contribution < -0.4 is 15.8 Å². The number of sulfonamides is 1. The van der Waals surface area contributed by atoms with Gasteiger partial charge in [-0.15, -0.1) is 0 Å². The van der Waals surface area contributed by atoms with Crippen LogP contribution in [0, 0.1) is 0 Å². The summed E-state index contributed by atoms with van der Waals surface area (Å²) in [5, 5.41) is 2.50. The first-order valence-corrected chi connectivity index (χ1v) is 8.84. The fourth-order valence-electron chi connectivity index (χ4n) is 1.45. The van der Waals surface area contributed by atoms with Gasteiger partial charge in [-0.05, 0) is 28.1 Å². The van der Waals surface area contributed by atoms with Crippen LogP contribution in [0.5, 0.6) is 0 Å². The molecule has 0 radical (unpaired) electrons. The summed E-state index contributed by atoms with van der Waals surface area (Å²) in [5.74, 6) is -0.456. The van der Waals surface area contributed by atoms with Crippen LogP contribution in [0.2, 0.25) is 0 Å². The monoisotopic (exact) mass is 443 g/mol. The molecule has 4 N–H and O–H groups in total. The molecule has 0 spiro atoms. The van der Waals surface area contributed by atoms with E-state index in [2.05, 4.69) is 41.9 Å². The molecule has 0 saturated carbocycles. The maximum atomic E-state index is 12.2. The van der Waals surface area contributed by atoms with Crippen molar-refractivity contribution in [3.63, 3.8) is 0 Å². The third-order valence-electron chi connectivity index (χ3n) is 2.36. The molecule has 0 heterocycles. The van der Waals surface area contributed by atoms with Gasteiger partial charge < -0.3 is 15.8 Å². The number of carbonyl (C=O) groups is 1. The Morgan fingerprint density at radius 3 is 2.62 bits per heavy atom. The molecular formula is C11H15Br2N3O4S. The number of methoxy groups -OCH3 is 1. The maximum absolute atomic E-state index is 12.2. The largest absolute Gasteiger partial charge is 0.398 e. The molecule has 0 aliphatic rings. The zero-order valence-corrected chi connectivity index (χ0v) is 15.1. The topological polar surface area (TPSA) is 111 Å². The molecule has 0 aromatic heterocycles. The van der Waals surface area contributed by atoms with Crippen molar-refractivity contribution in [3.05, 3.63) is 21.1 Å². The van der Waals surface area contributed by atoms with Crippen LogP contribution in [0.25, 0.3) is 0 Å². The lowest BCUT2D eigenvalue weighted by atomic mass is 10.3. The number of benzene rings is 1. The normalized spacial score (nSPS) is 11.4. The SMILES string of the molecule is COCCNC(=O)CNS(=O)(=O)c1c(N)cc(Br)cc1Br. The Bertz CT molecular complexity index is 599. The molecule has 10 heteroatoms. The quantitative estimate of drug-likeness (QED) is 0.426. The third-order valence-corrected chi connectivity index (χ3v) is 5.22. The van der Waals surface area contributed by atoms with Crippen molar-refractivity contribution in [3.8, 4) is 0 Å². The smallest absolute Gasteiger partial charge is 0.244 e. The summed E-state index contributed by atoms with van der Waals surface area (Å²) in [6.07, 6.45) is 0. The van der Waals surface area contributed by atoms with E-state index in [1.165, 1.54) is 13.2 Å². The Kier molecular flexibility index (Phi) is 7.07. The number of anilines is 1. The fourth-order valence-corrected chi connectivity index (χ4v) is 4.50. The number of halogens is 2. The van der Waals surface area contributed by atoms with Crippen molar-refractivity contribution < 1.29 is 17.9 Å². The number of nitrogen functional groups attached to an aromatic ring is 1. The Hall–Kier alpha value is -0.680. The van der Waals surface area contributed by atoms with Gasteiger partial charge in [-0.2, -0.15) is 0 Å². The second-order valence-corrected chi connectivity index (χ2v) is 7.45. The lowest BCUT2D eigenvalue weighted by Crippen LogP contribution is -2.38. The molecule has 0 fully saturated rings. The van der Waals surface area contributed by atoms with Gasteiger partial charge >= 0.3 is 0 Å². The van der Waals surface area contributed by atoms with Crippen molar-refractivity contribution in [2.24, 2.45) is 0 Å². The molecule has 0 atom stereocenters. The van der Waals surface area contributed by atoms with Crippen LogP contribution in [0.4, 0.5) is 5.69 Å². The van der Waals surface area contributed by atoms with Gasteiger partial charge in [0.25, 0.3) is 0 Å². The Labute approximate surface area is 139 Å². The first kappa shape index (κ1) is 18.4. The minimum Gasteiger partial charge on any atom is -0.398 e. The number of amides is 1. The van der Waals surface area contributed by atoms with Gasteiger partial charge in [0, 0.05) is 22.6 Å². The van der Waals surface area contributed by atoms with E-state index in [9.17, 15) is 13.2 Å². The molecule has 118 valence electrons. The summed E-state index contributed by atoms with van der Waals surface area (Å²) >= 11 is 6.36. The molecule has 1 amide bonds. The number of nitrogens with one attached hydrogen (secondary N) is 2. The molecular weight excluding hydrogens is 430 g/mol. The van der Waals surface area contributed by atoms with E-state index in [4.69, 9.17) is 10.5 Å². The Morgan fingerprint density at radius 2 is 2.05 bits per heavy atom. The zero-order chi connectivity index (χ0) is 16.0. The van der Waals surface area contributed by atoms with Crippen LogP contribution in [0.1, 0.15) is 0 Å². The number of rotatable bonds is 7. The minimum absolute atomic E-state index is 0.0727. The summed E-state index contributed by atoms with van der Waals surface area (Å²) in [6.45, 7) is 0.277. The van der Waals surface area contributed by atoms with Gasteiger partial charge in [0.2, 0.25) is 15.9 Å². The van der Waals surface area contributed by atoms with Gasteiger partial charge in [-0.25, -0.2) is 13.1 Å². The predicted octanol–water partition coefficient (Wildman–Crippen LogP) is 0.835. The highest BCUT2D eigenvalue weighted by molar-refractivity contribution is 9.11. The Morgan fingerprint density at radius 1 is 1.38 bits per heavy atom. The van der Waals surface area contributed by atoms with E-state index in [0.29, 0.717) is 22.1 Å². The van der Waals surface area contributed by atoms with Crippen molar-refractivity contribution in [2.75, 3.05) is 32.5 Å². The van der Waals surface area contributed by atoms with Gasteiger partial charge in [-0.3, -0.25) is 4.79 Å². The van der Waals surface area contributed by atoms with Gasteiger partial charge in [0.1, 0.15) is 4.90 Å². The Balaban J connectivity index is 2.77. The first-order chi connectivity index (χ1) is 9.77. The summed E-state index contributed by atoms with van der Waals surface area (Å²) in [4.78, 5) is 11.4. The highest BCUT2D eigenvalue weighted by Crippen LogP contribution is 2.31. The minimum atomic E-state index is -3.90. The third kappa shape index (κ3) is 5.55. The average Bonchev–Trinajstić information content (AvgIpc) is 2.35. The summed E-state index contributed by atoms with van der Waals surface area (Å²) in [5.41, 5.74) is 5.79. The zero-order valence-electron chi connectivity index (χ0n) is 11.2. The van der Waals surface area contributed by atoms with Crippen LogP contribution >= 0.6 is 31.9 Å². The maximum Gasteiger partial charge on any atom is 0.244 e. The molecule has 1 aromatic rings. The van der Waals surface area contributed by atoms with E-state index < -0.39 is 15.9 Å². The lowest BCUT2D eigenvalue weighted by molar-refractivity contribution is -0.120. The standard InChI is InChI=1S/C11H15Br2N3O4S/c1-20-3-2-15-10(17)6-16-21(18,19)11-8(13)4-7(12)5-9(11)14/h4-5,16H,2-3,6,14H2,1H3,(H,15,17). The molecule has 7 nitrogen and oxygen atoms in total. The predicted molar refractivity (Wildman–Crippen MR) is 86.3 cm³/mol. The highest BCUT2D eigenvalue weighted by atomic mass is 79.9. The number of carbonyl (C=O) groups excluding carboxylic acids is 1. The van der Waals surface area contributed by atoms with Gasteiger partial charge in [-0.1, -0.05) is 15.9 Å². The molecule has 1 rings (SSSR count). The molecule has 0 bridgehead atoms. The summed E-state index contributed by atoms with van der Waals surface area (Å²) in [6, 6.07) is 3.03. The van der Waals surface area contributed by atoms with Crippen molar-refractivity contribution >= 4 is 53.5 Å². The molecule has 21 heavy (non-hydrogen) atoms. The van der Waals surface area contributed by atoms with Gasteiger partial charge in [0.05, 0.1) is 18.8 Å². The van der Waals surface area contributed by atoms with Crippen LogP contribution in [-0.4, -0.2) is 41.1 Å². The van der Waals surface area contributed by atoms with Crippen molar-refractivity contribution in [1.29, 1.82) is 0 Å². The lowest BCUT2D eigenvalue weighted by Gasteiger charge is -2.11. The number of nitrogens with two attached hydrogens (primary N) is 1. The van der Waals surface area contributed by atoms with Gasteiger partial charge in [0.15, 0.2) is 0 Å². The first-order valence-electron chi connectivity index (χ1n) is 5.77.